The van der Waals surface area contributed by atoms with Gasteiger partial charge in [0.2, 0.25) is 0 Å². The quantitative estimate of drug-likeness (QED) is 0.279. The first-order valence-electron chi connectivity index (χ1n) is 11.1. The summed E-state index contributed by atoms with van der Waals surface area (Å²) in [6.07, 6.45) is 5.28. The molecule has 0 spiro atoms. The van der Waals surface area contributed by atoms with Crippen molar-refractivity contribution < 1.29 is 13.9 Å². The standard InChI is InChI=1S/C26H24FN5O2S/c1-15(2)32-12-23(24-25(28)30-14-31-26(24)32)17-4-6-19(7-5-17)34-21-9-18(27)8-20(10-21)33-13-22-11-29-16(3)35-22/h4-12,14-15H,13H2,1-3H3,(H2,28,30,31). The van der Waals surface area contributed by atoms with Gasteiger partial charge < -0.3 is 19.8 Å². The molecule has 0 atom stereocenters. The number of nitrogens with zero attached hydrogens (tertiary/aromatic N) is 4. The molecule has 0 radical (unpaired) electrons. The van der Waals surface area contributed by atoms with Crippen LogP contribution in [0.4, 0.5) is 10.2 Å². The molecule has 5 rings (SSSR count). The predicted octanol–water partition coefficient (Wildman–Crippen LogP) is 6.54. The lowest BCUT2D eigenvalue weighted by atomic mass is 10.1. The van der Waals surface area contributed by atoms with Gasteiger partial charge in [-0.1, -0.05) is 12.1 Å². The zero-order chi connectivity index (χ0) is 24.5. The number of hydrogen-bond donors (Lipinski definition) is 1. The smallest absolute Gasteiger partial charge is 0.146 e. The minimum absolute atomic E-state index is 0.215. The van der Waals surface area contributed by atoms with Crippen molar-refractivity contribution in [2.75, 3.05) is 5.73 Å². The Hall–Kier alpha value is -3.98. The van der Waals surface area contributed by atoms with Crippen LogP contribution in [0.3, 0.4) is 0 Å². The van der Waals surface area contributed by atoms with Gasteiger partial charge in [-0.3, -0.25) is 0 Å². The number of rotatable bonds is 7. The summed E-state index contributed by atoms with van der Waals surface area (Å²) in [5.41, 5.74) is 8.88. The number of aryl methyl sites for hydroxylation is 1. The summed E-state index contributed by atoms with van der Waals surface area (Å²) in [6, 6.07) is 12.1. The van der Waals surface area contributed by atoms with E-state index in [0.717, 1.165) is 32.0 Å². The molecule has 0 aliphatic rings. The Bertz CT molecular complexity index is 1490. The number of hydrogen-bond acceptors (Lipinski definition) is 7. The van der Waals surface area contributed by atoms with Crippen LogP contribution in [0.1, 0.15) is 29.8 Å². The van der Waals surface area contributed by atoms with Crippen LogP contribution in [0.25, 0.3) is 22.2 Å². The molecule has 0 amide bonds. The highest BCUT2D eigenvalue weighted by atomic mass is 32.1. The van der Waals surface area contributed by atoms with E-state index in [0.29, 0.717) is 29.7 Å². The van der Waals surface area contributed by atoms with Gasteiger partial charge in [-0.2, -0.15) is 0 Å². The van der Waals surface area contributed by atoms with E-state index >= 15 is 0 Å². The summed E-state index contributed by atoms with van der Waals surface area (Å²) < 4.78 is 27.9. The molecule has 0 bridgehead atoms. The Morgan fingerprint density at radius 2 is 1.80 bits per heavy atom. The van der Waals surface area contributed by atoms with Gasteiger partial charge in [0.15, 0.2) is 0 Å². The van der Waals surface area contributed by atoms with Crippen molar-refractivity contribution in [1.29, 1.82) is 0 Å². The molecule has 3 heterocycles. The summed E-state index contributed by atoms with van der Waals surface area (Å²) in [7, 11) is 0. The molecule has 2 aromatic carbocycles. The summed E-state index contributed by atoms with van der Waals surface area (Å²) in [5.74, 6) is 1.30. The number of thiazole rings is 1. The van der Waals surface area contributed by atoms with Crippen LogP contribution in [0.15, 0.2) is 61.2 Å². The Labute approximate surface area is 206 Å². The molecular weight excluding hydrogens is 465 g/mol. The van der Waals surface area contributed by atoms with Crippen LogP contribution in [-0.2, 0) is 6.61 Å². The zero-order valence-corrected chi connectivity index (χ0v) is 20.3. The van der Waals surface area contributed by atoms with Crippen LogP contribution in [0, 0.1) is 12.7 Å². The van der Waals surface area contributed by atoms with Crippen molar-refractivity contribution in [2.24, 2.45) is 0 Å². The normalized spacial score (nSPS) is 11.3. The van der Waals surface area contributed by atoms with Gasteiger partial charge in [-0.25, -0.2) is 19.3 Å². The molecule has 0 aliphatic carbocycles. The monoisotopic (exact) mass is 489 g/mol. The van der Waals surface area contributed by atoms with Crippen LogP contribution in [0.2, 0.25) is 0 Å². The highest BCUT2D eigenvalue weighted by Crippen LogP contribution is 2.35. The second-order valence-electron chi connectivity index (χ2n) is 8.38. The van der Waals surface area contributed by atoms with Gasteiger partial charge >= 0.3 is 0 Å². The molecule has 35 heavy (non-hydrogen) atoms. The Morgan fingerprint density at radius 3 is 2.51 bits per heavy atom. The van der Waals surface area contributed by atoms with Crippen molar-refractivity contribution in [3.05, 3.63) is 76.9 Å². The highest BCUT2D eigenvalue weighted by Gasteiger charge is 2.16. The molecule has 0 fully saturated rings. The molecule has 0 saturated carbocycles. The summed E-state index contributed by atoms with van der Waals surface area (Å²) in [6.45, 7) is 6.43. The van der Waals surface area contributed by atoms with E-state index in [2.05, 4.69) is 33.4 Å². The third-order valence-corrected chi connectivity index (χ3v) is 6.38. The number of fused-ring (bicyclic) bond motifs is 1. The second-order valence-corrected chi connectivity index (χ2v) is 9.70. The number of nitrogens with two attached hydrogens (primary N) is 1. The van der Waals surface area contributed by atoms with E-state index in [9.17, 15) is 4.39 Å². The molecule has 0 saturated heterocycles. The van der Waals surface area contributed by atoms with E-state index in [1.54, 1.807) is 23.6 Å². The van der Waals surface area contributed by atoms with Crippen molar-refractivity contribution in [3.63, 3.8) is 0 Å². The van der Waals surface area contributed by atoms with Gasteiger partial charge in [0, 0.05) is 42.2 Å². The Morgan fingerprint density at radius 1 is 1.03 bits per heavy atom. The number of halogens is 1. The Kier molecular flexibility index (Phi) is 6.08. The topological polar surface area (TPSA) is 88.1 Å². The van der Waals surface area contributed by atoms with Crippen LogP contribution >= 0.6 is 11.3 Å². The summed E-state index contributed by atoms with van der Waals surface area (Å²) in [4.78, 5) is 13.8. The average molecular weight is 490 g/mol. The minimum atomic E-state index is -0.438. The SMILES string of the molecule is Cc1ncc(COc2cc(F)cc(Oc3ccc(-c4cn(C(C)C)c5ncnc(N)c45)cc3)c2)s1. The second kappa shape index (κ2) is 9.34. The van der Waals surface area contributed by atoms with Crippen molar-refractivity contribution in [2.45, 2.75) is 33.4 Å². The number of nitrogen functional groups attached to an aromatic ring is 1. The van der Waals surface area contributed by atoms with E-state index in [4.69, 9.17) is 15.2 Å². The van der Waals surface area contributed by atoms with E-state index < -0.39 is 5.82 Å². The van der Waals surface area contributed by atoms with Gasteiger partial charge in [0.25, 0.3) is 0 Å². The van der Waals surface area contributed by atoms with E-state index in [-0.39, 0.29) is 6.04 Å². The van der Waals surface area contributed by atoms with Gasteiger partial charge in [0.05, 0.1) is 15.3 Å². The van der Waals surface area contributed by atoms with Gasteiger partial charge in [-0.05, 0) is 38.5 Å². The Balaban J connectivity index is 1.37. The molecule has 7 nitrogen and oxygen atoms in total. The maximum absolute atomic E-state index is 14.2. The molecule has 5 aromatic rings. The first kappa shape index (κ1) is 22.8. The number of anilines is 1. The number of ether oxygens (including phenoxy) is 2. The summed E-state index contributed by atoms with van der Waals surface area (Å²) >= 11 is 1.54. The van der Waals surface area contributed by atoms with Crippen molar-refractivity contribution in [3.8, 4) is 28.4 Å². The van der Waals surface area contributed by atoms with Crippen molar-refractivity contribution >= 4 is 28.2 Å². The van der Waals surface area contributed by atoms with Gasteiger partial charge in [0.1, 0.15) is 47.5 Å². The maximum atomic E-state index is 14.2. The summed E-state index contributed by atoms with van der Waals surface area (Å²) in [5, 5.41) is 1.78. The van der Waals surface area contributed by atoms with Crippen LogP contribution < -0.4 is 15.2 Å². The third-order valence-electron chi connectivity index (χ3n) is 5.49. The molecule has 0 aliphatic heterocycles. The van der Waals surface area contributed by atoms with Crippen LogP contribution in [-0.4, -0.2) is 19.5 Å². The largest absolute Gasteiger partial charge is 0.488 e. The molecule has 3 aromatic heterocycles. The van der Waals surface area contributed by atoms with E-state index in [1.165, 1.54) is 18.5 Å². The highest BCUT2D eigenvalue weighted by molar-refractivity contribution is 7.11. The number of benzene rings is 2. The lowest BCUT2D eigenvalue weighted by molar-refractivity contribution is 0.306. The predicted molar refractivity (Wildman–Crippen MR) is 135 cm³/mol. The molecule has 2 N–H and O–H groups in total. The zero-order valence-electron chi connectivity index (χ0n) is 19.5. The fourth-order valence-corrected chi connectivity index (χ4v) is 4.57. The van der Waals surface area contributed by atoms with Crippen molar-refractivity contribution in [1.82, 2.24) is 19.5 Å². The molecule has 9 heteroatoms. The third kappa shape index (κ3) is 4.81. The first-order valence-corrected chi connectivity index (χ1v) is 11.9. The number of aromatic nitrogens is 4. The van der Waals surface area contributed by atoms with Crippen LogP contribution in [0.5, 0.6) is 17.2 Å². The van der Waals surface area contributed by atoms with E-state index in [1.807, 2.05) is 37.4 Å². The molecule has 0 unspecified atom stereocenters. The maximum Gasteiger partial charge on any atom is 0.146 e. The fraction of sp³-hybridized carbons (Fsp3) is 0.192. The average Bonchev–Trinajstić information content (AvgIpc) is 3.42. The van der Waals surface area contributed by atoms with Gasteiger partial charge in [-0.15, -0.1) is 11.3 Å². The lowest BCUT2D eigenvalue weighted by Crippen LogP contribution is -2.00. The minimum Gasteiger partial charge on any atom is -0.488 e. The molecule has 178 valence electrons. The fourth-order valence-electron chi connectivity index (χ4n) is 3.87. The lowest BCUT2D eigenvalue weighted by Gasteiger charge is -2.10. The first-order chi connectivity index (χ1) is 16.9. The molecular formula is C26H24FN5O2S.